The van der Waals surface area contributed by atoms with Gasteiger partial charge in [-0.25, -0.2) is 19.6 Å². The number of amides is 4. The van der Waals surface area contributed by atoms with E-state index in [1.165, 1.54) is 14.2 Å². The van der Waals surface area contributed by atoms with Crippen molar-refractivity contribution >= 4 is 45.8 Å². The van der Waals surface area contributed by atoms with Crippen LogP contribution in [0.4, 0.5) is 9.59 Å². The number of nitrogens with zero attached hydrogens (tertiary/aromatic N) is 3. The summed E-state index contributed by atoms with van der Waals surface area (Å²) in [6, 6.07) is 18.1. The van der Waals surface area contributed by atoms with Gasteiger partial charge in [-0.3, -0.25) is 9.59 Å². The molecule has 272 valence electrons. The summed E-state index contributed by atoms with van der Waals surface area (Å²) < 4.78 is 9.17. The van der Waals surface area contributed by atoms with Gasteiger partial charge in [0.25, 0.3) is 0 Å². The van der Waals surface area contributed by atoms with Crippen LogP contribution in [0.25, 0.3) is 44.2 Å². The number of benzene rings is 3. The van der Waals surface area contributed by atoms with Gasteiger partial charge in [0.05, 0.1) is 49.7 Å². The molecule has 52 heavy (non-hydrogen) atoms. The van der Waals surface area contributed by atoms with Crippen molar-refractivity contribution in [2.24, 2.45) is 0 Å². The quantitative estimate of drug-likeness (QED) is 0.101. The second-order valence-electron chi connectivity index (χ2n) is 12.8. The normalized spacial score (nSPS) is 14.7. The standard InChI is InChI=1S/C38H44N8O6/c1-4-28(45-38(50)52-3)36(48)46-17-7-8-32(46)35-43-29-15-14-26(20-30(29)44-35)24-10-11-25-19-27(13-12-23(25)18-24)31-21-40-33(42-31)9-5-6-16-39-34(47)22-41-37(49)51-2/h10-15,18-21,28,32H,4-9,16-17,22H2,1-3H3,(H,39,47)(H,40,42)(H,41,49)(H,43,44)(H,45,50). The molecule has 4 amide bonds. The van der Waals surface area contributed by atoms with Crippen LogP contribution in [0.2, 0.25) is 0 Å². The van der Waals surface area contributed by atoms with E-state index in [2.05, 4.69) is 84.2 Å². The number of hydrogen-bond acceptors (Lipinski definition) is 8. The molecule has 5 N–H and O–H groups in total. The summed E-state index contributed by atoms with van der Waals surface area (Å²) in [5.74, 6) is 1.24. The van der Waals surface area contributed by atoms with Crippen molar-refractivity contribution in [1.82, 2.24) is 40.8 Å². The molecule has 6 rings (SSSR count). The van der Waals surface area contributed by atoms with Crippen molar-refractivity contribution in [2.45, 2.75) is 57.5 Å². The Balaban J connectivity index is 1.08. The topological polar surface area (TPSA) is 183 Å². The minimum Gasteiger partial charge on any atom is -0.453 e. The SMILES string of the molecule is CCC(NC(=O)OC)C(=O)N1CCCC1c1nc2ccc(-c3ccc4cc(-c5cnc(CCCCNC(=O)CNC(=O)OC)[nH]5)ccc4c3)cc2[nH]1. The van der Waals surface area contributed by atoms with Gasteiger partial charge < -0.3 is 40.3 Å². The van der Waals surface area contributed by atoms with E-state index in [1.54, 1.807) is 0 Å². The average molecular weight is 709 g/mol. The smallest absolute Gasteiger partial charge is 0.407 e. The second-order valence-corrected chi connectivity index (χ2v) is 12.8. The van der Waals surface area contributed by atoms with Gasteiger partial charge in [0, 0.05) is 25.1 Å². The Labute approximate surface area is 301 Å². The van der Waals surface area contributed by atoms with E-state index in [4.69, 9.17) is 9.72 Å². The molecule has 1 fully saturated rings. The largest absolute Gasteiger partial charge is 0.453 e. The fourth-order valence-corrected chi connectivity index (χ4v) is 6.58. The summed E-state index contributed by atoms with van der Waals surface area (Å²) in [6.45, 7) is 2.87. The fourth-order valence-electron chi connectivity index (χ4n) is 6.58. The molecule has 2 aromatic heterocycles. The van der Waals surface area contributed by atoms with Crippen molar-refractivity contribution in [1.29, 1.82) is 0 Å². The number of nitrogens with one attached hydrogen (secondary N) is 5. The number of aryl methyl sites for hydroxylation is 1. The Morgan fingerprint density at radius 3 is 2.40 bits per heavy atom. The first kappa shape index (κ1) is 35.9. The Kier molecular flexibility index (Phi) is 11.3. The third kappa shape index (κ3) is 8.33. The maximum Gasteiger partial charge on any atom is 0.407 e. The van der Waals surface area contributed by atoms with Crippen molar-refractivity contribution in [3.05, 3.63) is 72.4 Å². The van der Waals surface area contributed by atoms with E-state index in [1.807, 2.05) is 24.1 Å². The molecular weight excluding hydrogens is 664 g/mol. The number of carbonyl (C=O) groups excluding carboxylic acids is 4. The average Bonchev–Trinajstić information content (AvgIpc) is 3.95. The summed E-state index contributed by atoms with van der Waals surface area (Å²) in [4.78, 5) is 66.2. The zero-order valence-electron chi connectivity index (χ0n) is 29.6. The van der Waals surface area contributed by atoms with Gasteiger partial charge in [-0.1, -0.05) is 37.3 Å². The first-order chi connectivity index (χ1) is 25.3. The predicted octanol–water partition coefficient (Wildman–Crippen LogP) is 5.37. The molecule has 3 aromatic carbocycles. The fraction of sp³-hybridized carbons (Fsp3) is 0.368. The third-order valence-electron chi connectivity index (χ3n) is 9.39. The second kappa shape index (κ2) is 16.4. The molecule has 1 aliphatic heterocycles. The van der Waals surface area contributed by atoms with Crippen LogP contribution in [0.1, 0.15) is 56.7 Å². The summed E-state index contributed by atoms with van der Waals surface area (Å²) in [5.41, 5.74) is 5.85. The van der Waals surface area contributed by atoms with E-state index in [0.717, 1.165) is 87.9 Å². The summed E-state index contributed by atoms with van der Waals surface area (Å²) in [5, 5.41) is 10.0. The lowest BCUT2D eigenvalue weighted by Gasteiger charge is -2.27. The Morgan fingerprint density at radius 1 is 0.904 bits per heavy atom. The van der Waals surface area contributed by atoms with Gasteiger partial charge in [-0.15, -0.1) is 0 Å². The summed E-state index contributed by atoms with van der Waals surface area (Å²) in [6.07, 6.45) is 5.08. The van der Waals surface area contributed by atoms with Gasteiger partial charge in [0.15, 0.2) is 0 Å². The molecule has 0 spiro atoms. The van der Waals surface area contributed by atoms with E-state index in [0.29, 0.717) is 19.5 Å². The third-order valence-corrected chi connectivity index (χ3v) is 9.39. The number of likely N-dealkylation sites (tertiary alicyclic amines) is 1. The highest BCUT2D eigenvalue weighted by Crippen LogP contribution is 2.34. The maximum absolute atomic E-state index is 13.4. The van der Waals surface area contributed by atoms with Crippen molar-refractivity contribution in [2.75, 3.05) is 33.9 Å². The molecule has 14 nitrogen and oxygen atoms in total. The Morgan fingerprint density at radius 2 is 1.63 bits per heavy atom. The van der Waals surface area contributed by atoms with Crippen molar-refractivity contribution in [3.63, 3.8) is 0 Å². The van der Waals surface area contributed by atoms with Gasteiger partial charge in [-0.05, 0) is 78.3 Å². The number of unbranched alkanes of at least 4 members (excludes halogenated alkanes) is 1. The molecule has 1 saturated heterocycles. The van der Waals surface area contributed by atoms with Crippen molar-refractivity contribution < 1.29 is 28.7 Å². The molecule has 0 saturated carbocycles. The zero-order valence-corrected chi connectivity index (χ0v) is 29.6. The Bertz CT molecular complexity index is 2070. The number of methoxy groups -OCH3 is 2. The highest BCUT2D eigenvalue weighted by Gasteiger charge is 2.35. The molecule has 0 aliphatic carbocycles. The first-order valence-corrected chi connectivity index (χ1v) is 17.6. The number of carbonyl (C=O) groups is 4. The highest BCUT2D eigenvalue weighted by molar-refractivity contribution is 5.92. The van der Waals surface area contributed by atoms with Crippen LogP contribution >= 0.6 is 0 Å². The van der Waals surface area contributed by atoms with Gasteiger partial charge in [0.2, 0.25) is 11.8 Å². The number of alkyl carbamates (subject to hydrolysis) is 2. The maximum atomic E-state index is 13.4. The molecule has 1 aliphatic rings. The minimum atomic E-state index is -0.653. The lowest BCUT2D eigenvalue weighted by Crippen LogP contribution is -2.48. The zero-order chi connectivity index (χ0) is 36.6. The highest BCUT2D eigenvalue weighted by atomic mass is 16.5. The van der Waals surface area contributed by atoms with E-state index < -0.39 is 18.2 Å². The first-order valence-electron chi connectivity index (χ1n) is 17.6. The minimum absolute atomic E-state index is 0.116. The van der Waals surface area contributed by atoms with Crippen LogP contribution in [-0.2, 0) is 25.5 Å². The lowest BCUT2D eigenvalue weighted by molar-refractivity contribution is -0.134. The number of aromatic nitrogens is 4. The number of imidazole rings is 2. The van der Waals surface area contributed by atoms with E-state index >= 15 is 0 Å². The number of H-pyrrole nitrogens is 2. The molecule has 2 unspecified atom stereocenters. The molecule has 14 heteroatoms. The summed E-state index contributed by atoms with van der Waals surface area (Å²) in [7, 11) is 2.54. The monoisotopic (exact) mass is 708 g/mol. The van der Waals surface area contributed by atoms with Crippen molar-refractivity contribution in [3.8, 4) is 22.4 Å². The Hall–Kier alpha value is -5.92. The number of aromatic amines is 2. The predicted molar refractivity (Wildman–Crippen MR) is 196 cm³/mol. The molecule has 5 aromatic rings. The van der Waals surface area contributed by atoms with Crippen LogP contribution in [-0.4, -0.2) is 88.7 Å². The van der Waals surface area contributed by atoms with Gasteiger partial charge >= 0.3 is 12.2 Å². The molecule has 2 atom stereocenters. The number of fused-ring (bicyclic) bond motifs is 2. The number of hydrogen-bond donors (Lipinski definition) is 5. The van der Waals surface area contributed by atoms with Crippen LogP contribution in [0, 0.1) is 0 Å². The molecule has 0 bridgehead atoms. The van der Waals surface area contributed by atoms with Crippen LogP contribution in [0.5, 0.6) is 0 Å². The summed E-state index contributed by atoms with van der Waals surface area (Å²) >= 11 is 0. The van der Waals surface area contributed by atoms with E-state index in [9.17, 15) is 19.2 Å². The molecular formula is C38H44N8O6. The van der Waals surface area contributed by atoms with Crippen LogP contribution < -0.4 is 16.0 Å². The molecule has 0 radical (unpaired) electrons. The van der Waals surface area contributed by atoms with Gasteiger partial charge in [-0.2, -0.15) is 0 Å². The van der Waals surface area contributed by atoms with Gasteiger partial charge in [0.1, 0.15) is 17.7 Å². The lowest BCUT2D eigenvalue weighted by atomic mass is 9.99. The number of ether oxygens (including phenoxy) is 2. The van der Waals surface area contributed by atoms with E-state index in [-0.39, 0.29) is 24.4 Å². The molecule has 3 heterocycles. The van der Waals surface area contributed by atoms with Crippen LogP contribution in [0.15, 0.2) is 60.8 Å². The number of rotatable bonds is 13. The van der Waals surface area contributed by atoms with Crippen LogP contribution in [0.3, 0.4) is 0 Å².